The van der Waals surface area contributed by atoms with Gasteiger partial charge < -0.3 is 5.73 Å². The lowest BCUT2D eigenvalue weighted by molar-refractivity contribution is 0.587. The number of benzene rings is 1. The fourth-order valence-corrected chi connectivity index (χ4v) is 2.00. The van der Waals surface area contributed by atoms with Gasteiger partial charge in [-0.3, -0.25) is 4.68 Å². The minimum atomic E-state index is -0.620. The third-order valence-corrected chi connectivity index (χ3v) is 2.89. The summed E-state index contributed by atoms with van der Waals surface area (Å²) >= 11 is 0. The van der Waals surface area contributed by atoms with Crippen LogP contribution in [0.15, 0.2) is 18.2 Å². The van der Waals surface area contributed by atoms with Gasteiger partial charge in [-0.1, -0.05) is 19.4 Å². The van der Waals surface area contributed by atoms with Crippen molar-refractivity contribution in [3.63, 3.8) is 0 Å². The Kier molecular flexibility index (Phi) is 3.32. The highest BCUT2D eigenvalue weighted by atomic mass is 19.1. The molecule has 0 bridgehead atoms. The van der Waals surface area contributed by atoms with Crippen molar-refractivity contribution in [2.45, 2.75) is 19.8 Å². The molecule has 0 atom stereocenters. The average molecular weight is 251 g/mol. The number of nitrogens with two attached hydrogens (primary N) is 1. The van der Waals surface area contributed by atoms with Crippen molar-refractivity contribution in [3.05, 3.63) is 35.4 Å². The first-order chi connectivity index (χ1) is 8.56. The Balaban J connectivity index is 2.67. The number of halogens is 2. The zero-order valence-corrected chi connectivity index (χ0v) is 10.4. The number of hydrogen-bond donors (Lipinski definition) is 1. The molecule has 1 aromatic carbocycles. The van der Waals surface area contributed by atoms with Crippen molar-refractivity contribution in [2.24, 2.45) is 7.05 Å². The van der Waals surface area contributed by atoms with Gasteiger partial charge in [-0.2, -0.15) is 5.10 Å². The van der Waals surface area contributed by atoms with Crippen molar-refractivity contribution in [1.29, 1.82) is 0 Å². The number of hydrogen-bond acceptors (Lipinski definition) is 2. The highest BCUT2D eigenvalue weighted by Gasteiger charge is 2.20. The Hall–Kier alpha value is -1.91. The van der Waals surface area contributed by atoms with Crippen LogP contribution in [0.4, 0.5) is 14.6 Å². The Morgan fingerprint density at radius 2 is 1.89 bits per heavy atom. The van der Waals surface area contributed by atoms with Crippen LogP contribution in [0.5, 0.6) is 0 Å². The molecule has 18 heavy (non-hydrogen) atoms. The van der Waals surface area contributed by atoms with Crippen LogP contribution in [0.3, 0.4) is 0 Å². The van der Waals surface area contributed by atoms with Crippen LogP contribution >= 0.6 is 0 Å². The number of rotatable bonds is 3. The third-order valence-electron chi connectivity index (χ3n) is 2.89. The van der Waals surface area contributed by atoms with Crippen molar-refractivity contribution in [1.82, 2.24) is 9.78 Å². The van der Waals surface area contributed by atoms with E-state index in [9.17, 15) is 8.78 Å². The van der Waals surface area contributed by atoms with E-state index in [2.05, 4.69) is 5.10 Å². The zero-order valence-electron chi connectivity index (χ0n) is 10.4. The van der Waals surface area contributed by atoms with E-state index in [0.717, 1.165) is 6.42 Å². The molecular weight excluding hydrogens is 236 g/mol. The first kappa shape index (κ1) is 12.5. The predicted molar refractivity (Wildman–Crippen MR) is 67.0 cm³/mol. The molecule has 0 fully saturated rings. The van der Waals surface area contributed by atoms with Gasteiger partial charge in [-0.15, -0.1) is 0 Å². The molecule has 0 unspecified atom stereocenters. The average Bonchev–Trinajstić information content (AvgIpc) is 2.58. The van der Waals surface area contributed by atoms with E-state index in [0.29, 0.717) is 23.5 Å². The summed E-state index contributed by atoms with van der Waals surface area (Å²) in [7, 11) is 1.66. The lowest BCUT2D eigenvalue weighted by atomic mass is 10.0. The van der Waals surface area contributed by atoms with Crippen LogP contribution in [0, 0.1) is 11.6 Å². The first-order valence-electron chi connectivity index (χ1n) is 5.82. The molecular formula is C13H15F2N3. The van der Waals surface area contributed by atoms with Gasteiger partial charge in [0.1, 0.15) is 23.1 Å². The van der Waals surface area contributed by atoms with Crippen LogP contribution in [-0.4, -0.2) is 9.78 Å². The second-order valence-corrected chi connectivity index (χ2v) is 4.18. The summed E-state index contributed by atoms with van der Waals surface area (Å²) in [4.78, 5) is 0. The summed E-state index contributed by atoms with van der Waals surface area (Å²) in [6.45, 7) is 1.98. The van der Waals surface area contributed by atoms with Gasteiger partial charge in [0.2, 0.25) is 0 Å². The van der Waals surface area contributed by atoms with Crippen LogP contribution in [-0.2, 0) is 13.5 Å². The van der Waals surface area contributed by atoms with Gasteiger partial charge in [0.05, 0.1) is 5.56 Å². The molecule has 0 saturated heterocycles. The van der Waals surface area contributed by atoms with Gasteiger partial charge in [-0.05, 0) is 18.6 Å². The molecule has 96 valence electrons. The molecule has 0 aliphatic rings. The smallest absolute Gasteiger partial charge is 0.135 e. The largest absolute Gasteiger partial charge is 0.384 e. The van der Waals surface area contributed by atoms with Gasteiger partial charge in [-0.25, -0.2) is 8.78 Å². The van der Waals surface area contributed by atoms with Gasteiger partial charge in [0, 0.05) is 12.6 Å². The van der Waals surface area contributed by atoms with E-state index < -0.39 is 11.6 Å². The second-order valence-electron chi connectivity index (χ2n) is 4.18. The van der Waals surface area contributed by atoms with Crippen LogP contribution in [0.1, 0.15) is 18.9 Å². The molecule has 3 nitrogen and oxygen atoms in total. The minimum absolute atomic E-state index is 0.103. The highest BCUT2D eigenvalue weighted by molar-refractivity contribution is 5.69. The van der Waals surface area contributed by atoms with Crippen molar-refractivity contribution in [3.8, 4) is 11.3 Å². The fourth-order valence-electron chi connectivity index (χ4n) is 2.00. The monoisotopic (exact) mass is 251 g/mol. The molecule has 0 aliphatic heterocycles. The van der Waals surface area contributed by atoms with Crippen molar-refractivity contribution in [2.75, 3.05) is 5.73 Å². The normalized spacial score (nSPS) is 10.9. The van der Waals surface area contributed by atoms with Gasteiger partial charge >= 0.3 is 0 Å². The van der Waals surface area contributed by atoms with Crippen LogP contribution in [0.25, 0.3) is 11.3 Å². The molecule has 1 heterocycles. The van der Waals surface area contributed by atoms with Gasteiger partial charge in [0.25, 0.3) is 0 Å². The lowest BCUT2D eigenvalue weighted by Crippen LogP contribution is -1.99. The molecule has 0 aliphatic carbocycles. The molecule has 2 aromatic rings. The Labute approximate surface area is 104 Å². The second kappa shape index (κ2) is 4.76. The summed E-state index contributed by atoms with van der Waals surface area (Å²) in [5, 5.41) is 4.13. The predicted octanol–water partition coefficient (Wildman–Crippen LogP) is 2.90. The molecule has 0 saturated carbocycles. The Morgan fingerprint density at radius 3 is 2.44 bits per heavy atom. The maximum atomic E-state index is 13.8. The Morgan fingerprint density at radius 1 is 1.28 bits per heavy atom. The van der Waals surface area contributed by atoms with E-state index in [4.69, 9.17) is 5.73 Å². The SMILES string of the molecule is CCCc1c(-c2c(F)cccc2F)nn(C)c1N. The molecule has 0 amide bonds. The Bertz CT molecular complexity index is 556. The van der Waals surface area contributed by atoms with E-state index in [1.807, 2.05) is 6.92 Å². The zero-order chi connectivity index (χ0) is 13.3. The summed E-state index contributed by atoms with van der Waals surface area (Å²) in [5.41, 5.74) is 6.78. The summed E-state index contributed by atoms with van der Waals surface area (Å²) in [5.74, 6) is -0.787. The summed E-state index contributed by atoms with van der Waals surface area (Å²) in [6, 6.07) is 3.78. The summed E-state index contributed by atoms with van der Waals surface area (Å²) in [6.07, 6.45) is 1.47. The maximum absolute atomic E-state index is 13.8. The fraction of sp³-hybridized carbons (Fsp3) is 0.308. The third kappa shape index (κ3) is 1.96. The number of nitrogen functional groups attached to an aromatic ring is 1. The quantitative estimate of drug-likeness (QED) is 0.911. The van der Waals surface area contributed by atoms with Crippen LogP contribution < -0.4 is 5.73 Å². The number of anilines is 1. The lowest BCUT2D eigenvalue weighted by Gasteiger charge is -2.04. The van der Waals surface area contributed by atoms with Crippen molar-refractivity contribution >= 4 is 5.82 Å². The molecule has 2 N–H and O–H groups in total. The minimum Gasteiger partial charge on any atom is -0.384 e. The standard InChI is InChI=1S/C13H15F2N3/c1-3-5-8-12(17-18(2)13(8)16)11-9(14)6-4-7-10(11)15/h4,6-7H,3,5,16H2,1-2H3. The number of aromatic nitrogens is 2. The molecule has 0 radical (unpaired) electrons. The van der Waals surface area contributed by atoms with Crippen LogP contribution in [0.2, 0.25) is 0 Å². The van der Waals surface area contributed by atoms with E-state index in [1.165, 1.54) is 22.9 Å². The molecule has 5 heteroatoms. The number of aryl methyl sites for hydroxylation is 1. The highest BCUT2D eigenvalue weighted by Crippen LogP contribution is 2.31. The summed E-state index contributed by atoms with van der Waals surface area (Å²) < 4.78 is 29.0. The molecule has 2 rings (SSSR count). The van der Waals surface area contributed by atoms with E-state index >= 15 is 0 Å². The maximum Gasteiger partial charge on any atom is 0.135 e. The first-order valence-corrected chi connectivity index (χ1v) is 5.82. The van der Waals surface area contributed by atoms with Crippen molar-refractivity contribution < 1.29 is 8.78 Å². The number of nitrogens with zero attached hydrogens (tertiary/aromatic N) is 2. The topological polar surface area (TPSA) is 43.8 Å². The van der Waals surface area contributed by atoms with E-state index in [-0.39, 0.29) is 5.56 Å². The van der Waals surface area contributed by atoms with E-state index in [1.54, 1.807) is 7.05 Å². The molecule has 0 spiro atoms. The molecule has 1 aromatic heterocycles. The van der Waals surface area contributed by atoms with Gasteiger partial charge in [0.15, 0.2) is 0 Å².